The molecule has 2 aliphatic rings. The van der Waals surface area contributed by atoms with Gasteiger partial charge in [0.2, 0.25) is 15.9 Å². The first-order valence-corrected chi connectivity index (χ1v) is 15.9. The van der Waals surface area contributed by atoms with E-state index in [4.69, 9.17) is 0 Å². The van der Waals surface area contributed by atoms with Crippen molar-refractivity contribution in [2.24, 2.45) is 5.92 Å². The van der Waals surface area contributed by atoms with Gasteiger partial charge in [-0.1, -0.05) is 6.07 Å². The molecular weight excluding hydrogens is 627 g/mol. The lowest BCUT2D eigenvalue weighted by Crippen LogP contribution is -2.47. The molecule has 6 nitrogen and oxygen atoms in total. The number of benzene rings is 2. The number of likely N-dealkylation sites (N-methyl/N-ethyl adjacent to an activating group) is 1. The van der Waals surface area contributed by atoms with Gasteiger partial charge in [0.15, 0.2) is 0 Å². The summed E-state index contributed by atoms with van der Waals surface area (Å²) in [4.78, 5) is 15.2. The Kier molecular flexibility index (Phi) is 9.26. The molecule has 1 N–H and O–H groups in total. The van der Waals surface area contributed by atoms with Crippen LogP contribution in [-0.2, 0) is 32.6 Å². The summed E-state index contributed by atoms with van der Waals surface area (Å²) < 4.78 is 123. The van der Waals surface area contributed by atoms with Crippen molar-refractivity contribution in [3.63, 3.8) is 0 Å². The second-order valence-corrected chi connectivity index (χ2v) is 13.9. The number of nitrogens with one attached hydrogen (secondary N) is 1. The predicted octanol–water partition coefficient (Wildman–Crippen LogP) is 6.48. The Bertz CT molecular complexity index is 1620. The normalized spacial score (nSPS) is 18.6. The van der Waals surface area contributed by atoms with Crippen molar-refractivity contribution >= 4 is 21.5 Å². The third-order valence-electron chi connectivity index (χ3n) is 8.33. The molecule has 0 saturated carbocycles. The monoisotopic (exact) mass is 661 g/mol. The molecule has 0 spiro atoms. The summed E-state index contributed by atoms with van der Waals surface area (Å²) in [6.45, 7) is 4.94. The van der Waals surface area contributed by atoms with Crippen LogP contribution >= 0.6 is 0 Å². The van der Waals surface area contributed by atoms with Gasteiger partial charge in [-0.05, 0) is 93.3 Å². The fraction of sp³-hybridized carbons (Fsp3) is 0.452. The highest BCUT2D eigenvalue weighted by Gasteiger charge is 2.42. The Morgan fingerprint density at radius 2 is 1.56 bits per heavy atom. The fourth-order valence-electron chi connectivity index (χ4n) is 5.78. The van der Waals surface area contributed by atoms with Gasteiger partial charge in [-0.15, -0.1) is 0 Å². The van der Waals surface area contributed by atoms with Crippen molar-refractivity contribution in [2.45, 2.75) is 51.4 Å². The summed E-state index contributed by atoms with van der Waals surface area (Å²) in [7, 11) is -2.63. The van der Waals surface area contributed by atoms with Crippen LogP contribution < -0.4 is 5.32 Å². The quantitative estimate of drug-likeness (QED) is 0.360. The van der Waals surface area contributed by atoms with Crippen molar-refractivity contribution in [3.05, 3.63) is 87.5 Å². The molecule has 0 radical (unpaired) electrons. The van der Waals surface area contributed by atoms with Crippen molar-refractivity contribution < 1.29 is 43.9 Å². The van der Waals surface area contributed by atoms with Crippen molar-refractivity contribution in [2.75, 3.05) is 32.9 Å². The molecule has 1 amide bonds. The number of aryl methyl sites for hydroxylation is 1. The summed E-state index contributed by atoms with van der Waals surface area (Å²) in [6, 6.07) is 4.97. The van der Waals surface area contributed by atoms with Crippen LogP contribution in [0.25, 0.3) is 5.57 Å². The molecule has 2 aromatic rings. The van der Waals surface area contributed by atoms with Crippen molar-refractivity contribution in [1.29, 1.82) is 0 Å². The zero-order valence-corrected chi connectivity index (χ0v) is 26.1. The topological polar surface area (TPSA) is 69.7 Å². The maximum atomic E-state index is 14.1. The number of hydrogen-bond donors (Lipinski definition) is 1. The van der Waals surface area contributed by atoms with Crippen LogP contribution in [0.5, 0.6) is 0 Å². The Morgan fingerprint density at radius 1 is 0.978 bits per heavy atom. The lowest BCUT2D eigenvalue weighted by molar-refractivity contribution is -0.143. The summed E-state index contributed by atoms with van der Waals surface area (Å²) >= 11 is 0. The summed E-state index contributed by atoms with van der Waals surface area (Å²) in [5.41, 5.74) is -3.65. The molecule has 2 heterocycles. The Labute approximate surface area is 257 Å². The molecule has 2 aromatic carbocycles. The standard InChI is InChI=1S/C31H34F7N3O3S/c1-18-11-23(32)8-9-24(18)25-15-26(19-7-6-10-39-16-19)41(45(5,43)44)17-27(25)40(4)28(42)29(2,3)20-12-21(30(33,34)35)14-22(13-20)31(36,37)38/h8-9,11-15,19,39H,6-7,10,16-17H2,1-5H3. The number of allylic oxidation sites excluding steroid dienone is 2. The third kappa shape index (κ3) is 7.21. The number of halogens is 7. The number of nitrogens with zero attached hydrogens (tertiary/aromatic N) is 2. The first-order chi connectivity index (χ1) is 20.6. The minimum atomic E-state index is -5.12. The average molecular weight is 662 g/mol. The van der Waals surface area contributed by atoms with Gasteiger partial charge in [0.1, 0.15) is 5.82 Å². The van der Waals surface area contributed by atoms with Gasteiger partial charge in [-0.3, -0.25) is 9.10 Å². The van der Waals surface area contributed by atoms with Crippen LogP contribution in [0.4, 0.5) is 30.7 Å². The van der Waals surface area contributed by atoms with Gasteiger partial charge in [0.05, 0.1) is 29.3 Å². The molecule has 4 rings (SSSR count). The van der Waals surface area contributed by atoms with Gasteiger partial charge < -0.3 is 10.2 Å². The number of piperidine rings is 1. The molecule has 1 saturated heterocycles. The highest BCUT2D eigenvalue weighted by Crippen LogP contribution is 2.41. The smallest absolute Gasteiger partial charge is 0.316 e. The minimum Gasteiger partial charge on any atom is -0.316 e. The van der Waals surface area contributed by atoms with Crippen LogP contribution in [0.1, 0.15) is 54.5 Å². The zero-order chi connectivity index (χ0) is 33.7. The van der Waals surface area contributed by atoms with E-state index in [9.17, 15) is 43.9 Å². The number of alkyl halides is 6. The van der Waals surface area contributed by atoms with Crippen molar-refractivity contribution in [3.8, 4) is 0 Å². The van der Waals surface area contributed by atoms with Gasteiger partial charge in [-0.2, -0.15) is 26.3 Å². The molecule has 1 fully saturated rings. The summed E-state index contributed by atoms with van der Waals surface area (Å²) in [6.07, 6.45) is -6.15. The predicted molar refractivity (Wildman–Crippen MR) is 156 cm³/mol. The molecule has 45 heavy (non-hydrogen) atoms. The number of rotatable bonds is 6. The van der Waals surface area contributed by atoms with Crippen molar-refractivity contribution in [1.82, 2.24) is 14.5 Å². The molecule has 246 valence electrons. The Morgan fingerprint density at radius 3 is 2.04 bits per heavy atom. The van der Waals surface area contributed by atoms with Crippen LogP contribution in [0.15, 0.2) is 53.9 Å². The molecule has 0 aliphatic carbocycles. The number of sulfonamides is 1. The third-order valence-corrected chi connectivity index (χ3v) is 9.47. The van der Waals surface area contributed by atoms with E-state index in [1.807, 2.05) is 0 Å². The van der Waals surface area contributed by atoms with Crippen LogP contribution in [0.2, 0.25) is 0 Å². The zero-order valence-electron chi connectivity index (χ0n) is 25.3. The molecule has 1 unspecified atom stereocenters. The molecule has 1 atom stereocenters. The van der Waals surface area contributed by atoms with Crippen LogP contribution in [0.3, 0.4) is 0 Å². The fourth-order valence-corrected chi connectivity index (χ4v) is 6.72. The van der Waals surface area contributed by atoms with E-state index in [0.29, 0.717) is 47.5 Å². The summed E-state index contributed by atoms with van der Waals surface area (Å²) in [5, 5.41) is 3.25. The lowest BCUT2D eigenvalue weighted by atomic mass is 9.81. The van der Waals surface area contributed by atoms with E-state index < -0.39 is 56.2 Å². The first-order valence-electron chi connectivity index (χ1n) is 14.1. The SMILES string of the molecule is Cc1cc(F)ccc1C1=C(N(C)C(=O)C(C)(C)c2cc(C(F)(F)F)cc(C(F)(F)F)c2)CN(S(C)(=O)=O)C(C2CCCNC2)=C1. The molecule has 14 heteroatoms. The Balaban J connectivity index is 1.92. The number of carbonyl (C=O) groups excluding carboxylic acids is 1. The van der Waals surface area contributed by atoms with E-state index in [2.05, 4.69) is 5.32 Å². The van der Waals surface area contributed by atoms with Gasteiger partial charge in [0.25, 0.3) is 0 Å². The largest absolute Gasteiger partial charge is 0.416 e. The minimum absolute atomic E-state index is 0.0106. The van der Waals surface area contributed by atoms with Gasteiger partial charge in [0, 0.05) is 36.5 Å². The average Bonchev–Trinajstić information content (AvgIpc) is 2.94. The second-order valence-electron chi connectivity index (χ2n) is 12.0. The van der Waals surface area contributed by atoms with Crippen LogP contribution in [-0.4, -0.2) is 56.5 Å². The molecule has 2 aliphatic heterocycles. The number of carbonyl (C=O) groups is 1. The molecular formula is C31H34F7N3O3S. The first kappa shape index (κ1) is 34.5. The highest BCUT2D eigenvalue weighted by atomic mass is 32.2. The van der Waals surface area contributed by atoms with Gasteiger partial charge in [-0.25, -0.2) is 12.8 Å². The summed E-state index contributed by atoms with van der Waals surface area (Å²) in [5.74, 6) is -1.62. The maximum Gasteiger partial charge on any atom is 0.416 e. The number of hydrogen-bond acceptors (Lipinski definition) is 4. The van der Waals surface area contributed by atoms with E-state index in [0.717, 1.165) is 28.4 Å². The maximum absolute atomic E-state index is 14.1. The van der Waals surface area contributed by atoms with E-state index >= 15 is 0 Å². The lowest BCUT2D eigenvalue weighted by Gasteiger charge is -2.40. The Hall–Kier alpha value is -3.39. The highest BCUT2D eigenvalue weighted by molar-refractivity contribution is 7.88. The second kappa shape index (κ2) is 12.1. The van der Waals surface area contributed by atoms with E-state index in [1.165, 1.54) is 39.1 Å². The van der Waals surface area contributed by atoms with Gasteiger partial charge >= 0.3 is 12.4 Å². The molecule has 0 bridgehead atoms. The van der Waals surface area contributed by atoms with E-state index in [1.54, 1.807) is 13.0 Å². The van der Waals surface area contributed by atoms with E-state index in [-0.39, 0.29) is 24.2 Å². The van der Waals surface area contributed by atoms with Crippen LogP contribution in [0, 0.1) is 18.7 Å². The molecule has 0 aromatic heterocycles. The number of amides is 1.